The molecule has 0 aliphatic heterocycles. The molecule has 0 saturated heterocycles. The second-order valence-corrected chi connectivity index (χ2v) is 7.86. The monoisotopic (exact) mass is 429 g/mol. The average Bonchev–Trinajstić information content (AvgIpc) is 3.00. The zero-order valence-corrected chi connectivity index (χ0v) is 17.1. The maximum Gasteiger partial charge on any atom is 0.293 e. The van der Waals surface area contributed by atoms with Gasteiger partial charge in [-0.2, -0.15) is 0 Å². The Morgan fingerprint density at radius 3 is 2.52 bits per heavy atom. The summed E-state index contributed by atoms with van der Waals surface area (Å²) in [4.78, 5) is 39.7. The molecule has 0 aliphatic rings. The molecule has 0 radical (unpaired) electrons. The predicted molar refractivity (Wildman–Crippen MR) is 115 cm³/mol. The number of hydrogen-bond donors (Lipinski definition) is 1. The fraction of sp³-hybridized carbons (Fsp3) is 0.100. The van der Waals surface area contributed by atoms with Crippen LogP contribution in [0.3, 0.4) is 0 Å². The highest BCUT2D eigenvalue weighted by atomic mass is 35.5. The number of aromatic amines is 1. The number of anilines is 1. The minimum absolute atomic E-state index is 0.0542. The lowest BCUT2D eigenvalue weighted by atomic mass is 10.1. The number of nitrogens with zero attached hydrogens (tertiary/aromatic N) is 2. The Bertz CT molecular complexity index is 1260. The number of carbonyl (C=O) groups is 1. The lowest BCUT2D eigenvalue weighted by Crippen LogP contribution is -2.20. The molecule has 1 N–H and O–H groups in total. The van der Waals surface area contributed by atoms with Crippen LogP contribution in [0.15, 0.2) is 47.3 Å². The number of nitro benzene ring substituents is 1. The normalized spacial score (nSPS) is 12.2. The van der Waals surface area contributed by atoms with Crippen LogP contribution in [0.1, 0.15) is 15.9 Å². The third-order valence-corrected chi connectivity index (χ3v) is 5.26. The van der Waals surface area contributed by atoms with Gasteiger partial charge in [0.15, 0.2) is 5.78 Å². The highest BCUT2D eigenvalue weighted by Gasteiger charge is 2.15. The van der Waals surface area contributed by atoms with E-state index in [0.717, 1.165) is 11.3 Å². The van der Waals surface area contributed by atoms with E-state index < -0.39 is 4.92 Å². The smallest absolute Gasteiger partial charge is 0.293 e. The van der Waals surface area contributed by atoms with E-state index in [1.165, 1.54) is 12.1 Å². The SMILES string of the molecule is CN(C)c1ccc(/C=c2\s/c(=C\C(=O)c3ccc(Cl)cc3)[nH]c2=O)cc1[N+](=O)[O-]. The molecule has 0 aliphatic carbocycles. The Morgan fingerprint density at radius 2 is 1.90 bits per heavy atom. The molecule has 0 atom stereocenters. The summed E-state index contributed by atoms with van der Waals surface area (Å²) in [7, 11) is 3.44. The van der Waals surface area contributed by atoms with Gasteiger partial charge < -0.3 is 9.88 Å². The average molecular weight is 430 g/mol. The number of nitrogens with one attached hydrogen (secondary N) is 1. The zero-order valence-electron chi connectivity index (χ0n) is 15.5. The summed E-state index contributed by atoms with van der Waals surface area (Å²) in [5, 5.41) is 11.9. The summed E-state index contributed by atoms with van der Waals surface area (Å²) in [5.74, 6) is -0.267. The second-order valence-electron chi connectivity index (χ2n) is 6.34. The fourth-order valence-electron chi connectivity index (χ4n) is 2.65. The Morgan fingerprint density at radius 1 is 1.21 bits per heavy atom. The van der Waals surface area contributed by atoms with Gasteiger partial charge in [0, 0.05) is 36.8 Å². The summed E-state index contributed by atoms with van der Waals surface area (Å²) in [6.45, 7) is 0. The number of thiazole rings is 1. The van der Waals surface area contributed by atoms with Crippen LogP contribution in [0.5, 0.6) is 0 Å². The topological polar surface area (TPSA) is 96.3 Å². The standard InChI is InChI=1S/C20H16ClN3O4S/c1-23(2)15-8-3-12(9-16(15)24(27)28)10-18-20(26)22-19(29-18)11-17(25)13-4-6-14(21)7-5-13/h3-11H,1-2H3,(H,22,26)/b18-10-,19-11-. The number of benzene rings is 2. The van der Waals surface area contributed by atoms with Crippen molar-refractivity contribution >= 4 is 52.2 Å². The molecular weight excluding hydrogens is 414 g/mol. The van der Waals surface area contributed by atoms with Crippen LogP contribution in [0.2, 0.25) is 5.02 Å². The first kappa shape index (κ1) is 20.5. The number of halogens is 1. The van der Waals surface area contributed by atoms with Gasteiger partial charge in [0.1, 0.15) is 5.69 Å². The number of Topliss-reactive ketones (excluding diaryl/α,β-unsaturated/α-hetero) is 1. The van der Waals surface area contributed by atoms with Crippen molar-refractivity contribution in [3.8, 4) is 0 Å². The van der Waals surface area contributed by atoms with Crippen molar-refractivity contribution in [3.63, 3.8) is 0 Å². The Hall–Kier alpha value is -3.23. The third-order valence-electron chi connectivity index (χ3n) is 4.05. The molecule has 1 heterocycles. The van der Waals surface area contributed by atoms with E-state index >= 15 is 0 Å². The van der Waals surface area contributed by atoms with E-state index in [1.54, 1.807) is 61.5 Å². The molecule has 9 heteroatoms. The van der Waals surface area contributed by atoms with E-state index in [2.05, 4.69) is 4.98 Å². The van der Waals surface area contributed by atoms with Gasteiger partial charge in [0.2, 0.25) is 0 Å². The molecule has 2 aromatic carbocycles. The van der Waals surface area contributed by atoms with E-state index in [4.69, 9.17) is 11.6 Å². The number of ketones is 1. The Balaban J connectivity index is 2.00. The van der Waals surface area contributed by atoms with Crippen molar-refractivity contribution in [1.29, 1.82) is 0 Å². The number of rotatable bonds is 5. The van der Waals surface area contributed by atoms with Crippen LogP contribution in [-0.4, -0.2) is 29.8 Å². The highest BCUT2D eigenvalue weighted by molar-refractivity contribution is 7.07. The fourth-order valence-corrected chi connectivity index (χ4v) is 3.66. The van der Waals surface area contributed by atoms with Gasteiger partial charge in [-0.25, -0.2) is 0 Å². The van der Waals surface area contributed by atoms with Crippen molar-refractivity contribution in [1.82, 2.24) is 4.98 Å². The predicted octanol–water partition coefficient (Wildman–Crippen LogP) is 2.56. The highest BCUT2D eigenvalue weighted by Crippen LogP contribution is 2.27. The maximum absolute atomic E-state index is 12.3. The molecule has 1 aromatic heterocycles. The van der Waals surface area contributed by atoms with Crippen molar-refractivity contribution in [2.75, 3.05) is 19.0 Å². The number of aromatic nitrogens is 1. The third kappa shape index (κ3) is 4.79. The first-order chi connectivity index (χ1) is 13.7. The zero-order chi connectivity index (χ0) is 21.1. The van der Waals surface area contributed by atoms with Crippen molar-refractivity contribution in [2.45, 2.75) is 0 Å². The molecule has 148 valence electrons. The lowest BCUT2D eigenvalue weighted by molar-refractivity contribution is -0.384. The second kappa shape index (κ2) is 8.42. The van der Waals surface area contributed by atoms with Crippen molar-refractivity contribution in [3.05, 3.63) is 88.3 Å². The summed E-state index contributed by atoms with van der Waals surface area (Å²) >= 11 is 6.92. The van der Waals surface area contributed by atoms with E-state index in [9.17, 15) is 19.7 Å². The summed E-state index contributed by atoms with van der Waals surface area (Å²) < 4.78 is 0.729. The molecule has 0 saturated carbocycles. The molecule has 3 rings (SSSR count). The molecule has 0 fully saturated rings. The van der Waals surface area contributed by atoms with Gasteiger partial charge in [0.25, 0.3) is 11.2 Å². The quantitative estimate of drug-likeness (QED) is 0.382. The van der Waals surface area contributed by atoms with Crippen molar-refractivity contribution < 1.29 is 9.72 Å². The molecule has 0 amide bonds. The van der Waals surface area contributed by atoms with E-state index in [-0.39, 0.29) is 17.0 Å². The summed E-state index contributed by atoms with van der Waals surface area (Å²) in [5.41, 5.74) is 1.01. The lowest BCUT2D eigenvalue weighted by Gasteiger charge is -2.12. The van der Waals surface area contributed by atoms with Crippen LogP contribution >= 0.6 is 22.9 Å². The summed E-state index contributed by atoms with van der Waals surface area (Å²) in [6, 6.07) is 11.2. The van der Waals surface area contributed by atoms with Crippen LogP contribution in [0.4, 0.5) is 11.4 Å². The molecule has 0 bridgehead atoms. The van der Waals surface area contributed by atoms with E-state index in [1.807, 2.05) is 0 Å². The van der Waals surface area contributed by atoms with Gasteiger partial charge >= 0.3 is 0 Å². The Kier molecular flexibility index (Phi) is 5.95. The van der Waals surface area contributed by atoms with Gasteiger partial charge in [-0.1, -0.05) is 17.7 Å². The number of carbonyl (C=O) groups excluding carboxylic acids is 1. The van der Waals surface area contributed by atoms with Gasteiger partial charge in [-0.3, -0.25) is 19.7 Å². The molecule has 0 unspecified atom stereocenters. The molecule has 29 heavy (non-hydrogen) atoms. The molecular formula is C20H16ClN3O4S. The first-order valence-electron chi connectivity index (χ1n) is 8.43. The molecule has 0 spiro atoms. The number of hydrogen-bond acceptors (Lipinski definition) is 6. The first-order valence-corrected chi connectivity index (χ1v) is 9.62. The van der Waals surface area contributed by atoms with Gasteiger partial charge in [0.05, 0.1) is 14.1 Å². The largest absolute Gasteiger partial charge is 0.372 e. The van der Waals surface area contributed by atoms with E-state index in [0.29, 0.717) is 31.0 Å². The van der Waals surface area contributed by atoms with Gasteiger partial charge in [-0.05, 0) is 42.0 Å². The number of H-pyrrole nitrogens is 1. The number of nitro groups is 1. The van der Waals surface area contributed by atoms with Crippen molar-refractivity contribution in [2.24, 2.45) is 0 Å². The van der Waals surface area contributed by atoms with Crippen LogP contribution in [-0.2, 0) is 0 Å². The van der Waals surface area contributed by atoms with Crippen LogP contribution in [0.25, 0.3) is 12.2 Å². The maximum atomic E-state index is 12.3. The Labute approximate surface area is 174 Å². The molecule has 7 nitrogen and oxygen atoms in total. The van der Waals surface area contributed by atoms with Crippen LogP contribution < -0.4 is 19.7 Å². The minimum atomic E-state index is -0.463. The molecule has 3 aromatic rings. The summed E-state index contributed by atoms with van der Waals surface area (Å²) in [6.07, 6.45) is 2.89. The van der Waals surface area contributed by atoms with Crippen LogP contribution in [0, 0.1) is 10.1 Å². The van der Waals surface area contributed by atoms with Gasteiger partial charge in [-0.15, -0.1) is 11.3 Å². The minimum Gasteiger partial charge on any atom is -0.372 e.